The maximum atomic E-state index is 12.4. The Morgan fingerprint density at radius 2 is 1.74 bits per heavy atom. The van der Waals surface area contributed by atoms with Gasteiger partial charge in [0.25, 0.3) is 0 Å². The number of hydrogen-bond donors (Lipinski definition) is 3. The number of benzene rings is 2. The lowest BCUT2D eigenvalue weighted by molar-refractivity contribution is -0.126. The summed E-state index contributed by atoms with van der Waals surface area (Å²) < 4.78 is 0. The van der Waals surface area contributed by atoms with E-state index in [1.807, 2.05) is 0 Å². The summed E-state index contributed by atoms with van der Waals surface area (Å²) >= 11 is 11.8. The summed E-state index contributed by atoms with van der Waals surface area (Å²) in [4.78, 5) is 37.3. The average molecular weight is 409 g/mol. The summed E-state index contributed by atoms with van der Waals surface area (Å²) in [6.45, 7) is -0.119. The van der Waals surface area contributed by atoms with Crippen molar-refractivity contribution >= 4 is 46.7 Å². The number of carbonyl (C=O) groups is 3. The number of urea groups is 1. The van der Waals surface area contributed by atoms with E-state index in [1.54, 1.807) is 49.5 Å². The molecular weight excluding hydrogens is 391 g/mol. The summed E-state index contributed by atoms with van der Waals surface area (Å²) in [7, 11) is 1.59. The van der Waals surface area contributed by atoms with Gasteiger partial charge < -0.3 is 11.1 Å². The van der Waals surface area contributed by atoms with E-state index in [-0.39, 0.29) is 12.5 Å². The predicted octanol–water partition coefficient (Wildman–Crippen LogP) is 2.80. The molecule has 0 unspecified atom stereocenters. The van der Waals surface area contributed by atoms with E-state index in [9.17, 15) is 14.4 Å². The van der Waals surface area contributed by atoms with Crippen molar-refractivity contribution in [3.8, 4) is 0 Å². The zero-order valence-electron chi connectivity index (χ0n) is 14.4. The van der Waals surface area contributed by atoms with E-state index in [2.05, 4.69) is 10.6 Å². The standard InChI is InChI=1S/C18H18Cl2N4O3/c1-24(10-15(25)22-12-7-8-13(19)14(20)9-12)16(17(26)23-18(21)27)11-5-3-2-4-6-11/h2-9,16H,10H2,1H3,(H,22,25)(H3,21,23,26,27)/t16-/m0/s1. The quantitative estimate of drug-likeness (QED) is 0.683. The normalized spacial score (nSPS) is 11.7. The molecule has 142 valence electrons. The number of halogens is 2. The van der Waals surface area contributed by atoms with E-state index in [0.29, 0.717) is 21.3 Å². The van der Waals surface area contributed by atoms with E-state index in [1.165, 1.54) is 11.0 Å². The molecular formula is C18H18Cl2N4O3. The van der Waals surface area contributed by atoms with Crippen molar-refractivity contribution < 1.29 is 14.4 Å². The molecule has 2 rings (SSSR count). The van der Waals surface area contributed by atoms with Crippen molar-refractivity contribution in [3.63, 3.8) is 0 Å². The number of likely N-dealkylation sites (N-methyl/N-ethyl adjacent to an activating group) is 1. The maximum Gasteiger partial charge on any atom is 0.318 e. The Kier molecular flexibility index (Phi) is 7.18. The van der Waals surface area contributed by atoms with Gasteiger partial charge in [0, 0.05) is 5.69 Å². The first kappa shape index (κ1) is 20.7. The monoisotopic (exact) mass is 408 g/mol. The fraction of sp³-hybridized carbons (Fsp3) is 0.167. The lowest BCUT2D eigenvalue weighted by Crippen LogP contribution is -2.45. The Morgan fingerprint density at radius 3 is 2.33 bits per heavy atom. The number of nitrogens with two attached hydrogens (primary N) is 1. The summed E-state index contributed by atoms with van der Waals surface area (Å²) in [6, 6.07) is 11.6. The van der Waals surface area contributed by atoms with Crippen molar-refractivity contribution in [3.05, 3.63) is 64.1 Å². The van der Waals surface area contributed by atoms with Gasteiger partial charge in [-0.15, -0.1) is 0 Å². The highest BCUT2D eigenvalue weighted by atomic mass is 35.5. The van der Waals surface area contributed by atoms with Crippen LogP contribution >= 0.6 is 23.2 Å². The molecule has 0 fully saturated rings. The number of nitrogens with one attached hydrogen (secondary N) is 2. The van der Waals surface area contributed by atoms with Gasteiger partial charge in [-0.05, 0) is 30.8 Å². The fourth-order valence-corrected chi connectivity index (χ4v) is 2.82. The Morgan fingerprint density at radius 1 is 1.07 bits per heavy atom. The van der Waals surface area contributed by atoms with Gasteiger partial charge in [-0.25, -0.2) is 4.79 Å². The maximum absolute atomic E-state index is 12.4. The first-order valence-electron chi connectivity index (χ1n) is 7.88. The lowest BCUT2D eigenvalue weighted by Gasteiger charge is -2.26. The van der Waals surface area contributed by atoms with Crippen molar-refractivity contribution in [1.82, 2.24) is 10.2 Å². The molecule has 1 atom stereocenters. The zero-order valence-corrected chi connectivity index (χ0v) is 15.9. The van der Waals surface area contributed by atoms with Gasteiger partial charge in [0.05, 0.1) is 16.6 Å². The third-order valence-corrected chi connectivity index (χ3v) is 4.39. The summed E-state index contributed by atoms with van der Waals surface area (Å²) in [6.07, 6.45) is 0. The molecule has 0 aliphatic carbocycles. The van der Waals surface area contributed by atoms with E-state index in [4.69, 9.17) is 28.9 Å². The highest BCUT2D eigenvalue weighted by Crippen LogP contribution is 2.25. The second-order valence-corrected chi connectivity index (χ2v) is 6.57. The third kappa shape index (κ3) is 5.96. The first-order valence-corrected chi connectivity index (χ1v) is 8.64. The van der Waals surface area contributed by atoms with Crippen LogP contribution < -0.4 is 16.4 Å². The molecule has 7 nitrogen and oxygen atoms in total. The number of carbonyl (C=O) groups excluding carboxylic acids is 3. The molecule has 27 heavy (non-hydrogen) atoms. The van der Waals surface area contributed by atoms with Gasteiger partial charge in [0.2, 0.25) is 11.8 Å². The van der Waals surface area contributed by atoms with Crippen LogP contribution in [-0.2, 0) is 9.59 Å². The molecule has 0 aliphatic rings. The highest BCUT2D eigenvalue weighted by Gasteiger charge is 2.27. The number of nitrogens with zero attached hydrogens (tertiary/aromatic N) is 1. The summed E-state index contributed by atoms with van der Waals surface area (Å²) in [5.74, 6) is -0.998. The van der Waals surface area contributed by atoms with Crippen molar-refractivity contribution in [2.45, 2.75) is 6.04 Å². The number of rotatable bonds is 6. The summed E-state index contributed by atoms with van der Waals surface area (Å²) in [5.41, 5.74) is 6.13. The topological polar surface area (TPSA) is 105 Å². The van der Waals surface area contributed by atoms with Crippen molar-refractivity contribution in [2.24, 2.45) is 5.73 Å². The van der Waals surface area contributed by atoms with Gasteiger partial charge in [-0.1, -0.05) is 53.5 Å². The number of amides is 4. The molecule has 0 saturated carbocycles. The largest absolute Gasteiger partial charge is 0.351 e. The minimum Gasteiger partial charge on any atom is -0.351 e. The Labute approximate surface area is 166 Å². The molecule has 0 saturated heterocycles. The van der Waals surface area contributed by atoms with Crippen LogP contribution in [-0.4, -0.2) is 36.3 Å². The van der Waals surface area contributed by atoms with E-state index >= 15 is 0 Å². The predicted molar refractivity (Wildman–Crippen MR) is 105 cm³/mol. The molecule has 0 aliphatic heterocycles. The Balaban J connectivity index is 2.13. The minimum absolute atomic E-state index is 0.119. The van der Waals surface area contributed by atoms with Crippen LogP contribution in [0.15, 0.2) is 48.5 Å². The molecule has 0 aromatic heterocycles. The van der Waals surface area contributed by atoms with Crippen LogP contribution in [0, 0.1) is 0 Å². The Bertz CT molecular complexity index is 846. The van der Waals surface area contributed by atoms with Crippen molar-refractivity contribution in [1.29, 1.82) is 0 Å². The number of anilines is 1. The molecule has 4 amide bonds. The second kappa shape index (κ2) is 9.36. The van der Waals surface area contributed by atoms with Gasteiger partial charge in [0.15, 0.2) is 0 Å². The van der Waals surface area contributed by atoms with Crippen LogP contribution in [0.3, 0.4) is 0 Å². The van der Waals surface area contributed by atoms with Crippen LogP contribution in [0.1, 0.15) is 11.6 Å². The molecule has 0 bridgehead atoms. The van der Waals surface area contributed by atoms with Gasteiger partial charge >= 0.3 is 6.03 Å². The molecule has 9 heteroatoms. The Hall–Kier alpha value is -2.61. The molecule has 0 radical (unpaired) electrons. The molecule has 0 spiro atoms. The van der Waals surface area contributed by atoms with Crippen LogP contribution in [0.4, 0.5) is 10.5 Å². The molecule has 2 aromatic carbocycles. The van der Waals surface area contributed by atoms with Crippen LogP contribution in [0.25, 0.3) is 0 Å². The molecule has 2 aromatic rings. The average Bonchev–Trinajstić information content (AvgIpc) is 2.58. The molecule has 4 N–H and O–H groups in total. The highest BCUT2D eigenvalue weighted by molar-refractivity contribution is 6.42. The SMILES string of the molecule is CN(CC(=O)Nc1ccc(Cl)c(Cl)c1)[C@H](C(=O)NC(N)=O)c1ccccc1. The van der Waals surface area contributed by atoms with Crippen LogP contribution in [0.5, 0.6) is 0 Å². The van der Waals surface area contributed by atoms with Gasteiger partial charge in [0.1, 0.15) is 6.04 Å². The third-order valence-electron chi connectivity index (χ3n) is 3.65. The summed E-state index contributed by atoms with van der Waals surface area (Å²) in [5, 5.41) is 5.42. The van der Waals surface area contributed by atoms with E-state index < -0.39 is 18.0 Å². The van der Waals surface area contributed by atoms with Gasteiger partial charge in [-0.3, -0.25) is 19.8 Å². The van der Waals surface area contributed by atoms with E-state index in [0.717, 1.165) is 0 Å². The van der Waals surface area contributed by atoms with Gasteiger partial charge in [-0.2, -0.15) is 0 Å². The zero-order chi connectivity index (χ0) is 20.0. The first-order chi connectivity index (χ1) is 12.8. The van der Waals surface area contributed by atoms with Crippen molar-refractivity contribution in [2.75, 3.05) is 18.9 Å². The minimum atomic E-state index is -0.963. The number of imide groups is 1. The lowest BCUT2D eigenvalue weighted by atomic mass is 10.0. The fourth-order valence-electron chi connectivity index (χ4n) is 2.52. The molecule has 0 heterocycles. The van der Waals surface area contributed by atoms with Crippen LogP contribution in [0.2, 0.25) is 10.0 Å². The smallest absolute Gasteiger partial charge is 0.318 e. The number of hydrogen-bond acceptors (Lipinski definition) is 4. The second-order valence-electron chi connectivity index (χ2n) is 5.76. The number of primary amides is 1.